The Labute approximate surface area is 90.0 Å². The number of hydrogen-bond acceptors (Lipinski definition) is 1. The number of aromatic carboxylic acids is 1. The van der Waals surface area contributed by atoms with Crippen molar-refractivity contribution in [2.75, 3.05) is 0 Å². The van der Waals surface area contributed by atoms with Gasteiger partial charge in [0.15, 0.2) is 0 Å². The van der Waals surface area contributed by atoms with Gasteiger partial charge in [0, 0.05) is 3.57 Å². The van der Waals surface area contributed by atoms with Crippen LogP contribution in [0.1, 0.15) is 10.4 Å². The van der Waals surface area contributed by atoms with E-state index < -0.39 is 11.8 Å². The van der Waals surface area contributed by atoms with Crippen molar-refractivity contribution in [1.29, 1.82) is 0 Å². The Bertz CT molecular complexity index is 340. The molecule has 1 rings (SSSR count). The van der Waals surface area contributed by atoms with Gasteiger partial charge in [-0.05, 0) is 50.7 Å². The van der Waals surface area contributed by atoms with Gasteiger partial charge in [-0.1, -0.05) is 0 Å². The van der Waals surface area contributed by atoms with Crippen molar-refractivity contribution in [1.82, 2.24) is 0 Å². The smallest absolute Gasteiger partial charge is 0.336 e. The first-order valence-corrected chi connectivity index (χ1v) is 4.77. The fourth-order valence-electron chi connectivity index (χ4n) is 0.712. The number of carbonyl (C=O) groups is 1. The highest BCUT2D eigenvalue weighted by Crippen LogP contribution is 2.23. The molecule has 12 heavy (non-hydrogen) atoms. The summed E-state index contributed by atoms with van der Waals surface area (Å²) in [7, 11) is 0. The van der Waals surface area contributed by atoms with Crippen LogP contribution >= 0.6 is 38.5 Å². The minimum Gasteiger partial charge on any atom is -0.478 e. The molecule has 0 aliphatic carbocycles. The molecular formula is C7H3BrFIO2. The van der Waals surface area contributed by atoms with E-state index in [1.165, 1.54) is 12.1 Å². The van der Waals surface area contributed by atoms with Crippen LogP contribution in [0.25, 0.3) is 0 Å². The summed E-state index contributed by atoms with van der Waals surface area (Å²) in [6.07, 6.45) is 0. The first kappa shape index (κ1) is 9.91. The fraction of sp³-hybridized carbons (Fsp3) is 0. The van der Waals surface area contributed by atoms with Gasteiger partial charge in [-0.25, -0.2) is 9.18 Å². The maximum atomic E-state index is 12.9. The van der Waals surface area contributed by atoms with E-state index >= 15 is 0 Å². The molecule has 0 spiro atoms. The Morgan fingerprint density at radius 2 is 2.17 bits per heavy atom. The number of halogens is 3. The normalized spacial score (nSPS) is 9.92. The zero-order chi connectivity index (χ0) is 9.30. The maximum absolute atomic E-state index is 12.9. The Morgan fingerprint density at radius 1 is 1.58 bits per heavy atom. The number of carboxylic acid groups (broad SMARTS) is 1. The van der Waals surface area contributed by atoms with Crippen LogP contribution in [-0.2, 0) is 0 Å². The molecule has 0 heterocycles. The number of benzene rings is 1. The first-order valence-electron chi connectivity index (χ1n) is 2.90. The van der Waals surface area contributed by atoms with Gasteiger partial charge in [0.25, 0.3) is 0 Å². The molecule has 1 N–H and O–H groups in total. The summed E-state index contributed by atoms with van der Waals surface area (Å²) in [4.78, 5) is 10.5. The lowest BCUT2D eigenvalue weighted by molar-refractivity contribution is 0.0695. The van der Waals surface area contributed by atoms with Gasteiger partial charge in [0.2, 0.25) is 0 Å². The molecule has 0 amide bonds. The highest BCUT2D eigenvalue weighted by atomic mass is 127. The highest BCUT2D eigenvalue weighted by Gasteiger charge is 2.12. The number of rotatable bonds is 1. The summed E-state index contributed by atoms with van der Waals surface area (Å²) in [5, 5.41) is 8.61. The number of carboxylic acids is 1. The molecule has 0 unspecified atom stereocenters. The van der Waals surface area contributed by atoms with Crippen molar-refractivity contribution in [2.45, 2.75) is 0 Å². The topological polar surface area (TPSA) is 37.3 Å². The summed E-state index contributed by atoms with van der Waals surface area (Å²) >= 11 is 4.71. The Morgan fingerprint density at radius 3 is 2.67 bits per heavy atom. The largest absolute Gasteiger partial charge is 0.478 e. The van der Waals surface area contributed by atoms with E-state index in [-0.39, 0.29) is 10.0 Å². The molecule has 0 bridgehead atoms. The lowest BCUT2D eigenvalue weighted by Crippen LogP contribution is -2.00. The summed E-state index contributed by atoms with van der Waals surface area (Å²) < 4.78 is 13.4. The average Bonchev–Trinajstić information content (AvgIpc) is 1.96. The molecule has 0 saturated carbocycles. The van der Waals surface area contributed by atoms with Gasteiger partial charge >= 0.3 is 5.97 Å². The van der Waals surface area contributed by atoms with Crippen molar-refractivity contribution in [3.05, 3.63) is 31.6 Å². The molecule has 0 aromatic heterocycles. The molecular weight excluding hydrogens is 342 g/mol. The summed E-state index contributed by atoms with van der Waals surface area (Å²) in [6.45, 7) is 0. The van der Waals surface area contributed by atoms with Crippen LogP contribution in [0.15, 0.2) is 16.6 Å². The SMILES string of the molecule is O=C(O)c1cc(I)cc(F)c1Br. The van der Waals surface area contributed by atoms with E-state index in [2.05, 4.69) is 15.9 Å². The highest BCUT2D eigenvalue weighted by molar-refractivity contribution is 14.1. The number of hydrogen-bond donors (Lipinski definition) is 1. The molecule has 0 aliphatic rings. The molecule has 0 atom stereocenters. The molecule has 5 heteroatoms. The van der Waals surface area contributed by atoms with Gasteiger partial charge in [-0.3, -0.25) is 0 Å². The predicted octanol–water partition coefficient (Wildman–Crippen LogP) is 2.89. The summed E-state index contributed by atoms with van der Waals surface area (Å²) in [6, 6.07) is 2.66. The minimum atomic E-state index is -1.14. The second-order valence-corrected chi connectivity index (χ2v) is 4.09. The zero-order valence-electron chi connectivity index (χ0n) is 5.64. The zero-order valence-corrected chi connectivity index (χ0v) is 9.39. The molecule has 1 aromatic carbocycles. The van der Waals surface area contributed by atoms with E-state index in [1.807, 2.05) is 22.6 Å². The molecule has 64 valence electrons. The third-order valence-corrected chi connectivity index (χ3v) is 2.65. The van der Waals surface area contributed by atoms with Crippen LogP contribution < -0.4 is 0 Å². The monoisotopic (exact) mass is 344 g/mol. The van der Waals surface area contributed by atoms with Gasteiger partial charge < -0.3 is 5.11 Å². The third kappa shape index (κ3) is 1.95. The summed E-state index contributed by atoms with van der Waals surface area (Å²) in [5.41, 5.74) is -0.0561. The lowest BCUT2D eigenvalue weighted by atomic mass is 10.2. The fourth-order valence-corrected chi connectivity index (χ4v) is 1.69. The molecule has 1 aromatic rings. The van der Waals surface area contributed by atoms with E-state index in [0.717, 1.165) is 0 Å². The van der Waals surface area contributed by atoms with Crippen molar-refractivity contribution >= 4 is 44.5 Å². The van der Waals surface area contributed by atoms with Crippen LogP contribution in [0.5, 0.6) is 0 Å². The summed E-state index contributed by atoms with van der Waals surface area (Å²) in [5.74, 6) is -1.70. The van der Waals surface area contributed by atoms with Crippen LogP contribution in [0.3, 0.4) is 0 Å². The standard InChI is InChI=1S/C7H3BrFIO2/c8-6-4(7(11)12)1-3(10)2-5(6)9/h1-2H,(H,11,12). The van der Waals surface area contributed by atoms with E-state index in [9.17, 15) is 9.18 Å². The van der Waals surface area contributed by atoms with Gasteiger partial charge in [0.05, 0.1) is 10.0 Å². The van der Waals surface area contributed by atoms with Gasteiger partial charge in [-0.2, -0.15) is 0 Å². The van der Waals surface area contributed by atoms with Crippen LogP contribution in [0, 0.1) is 9.39 Å². The van der Waals surface area contributed by atoms with Crippen molar-refractivity contribution in [2.24, 2.45) is 0 Å². The van der Waals surface area contributed by atoms with Crippen LogP contribution in [0.4, 0.5) is 4.39 Å². The van der Waals surface area contributed by atoms with E-state index in [0.29, 0.717) is 3.57 Å². The molecule has 2 nitrogen and oxygen atoms in total. The molecule has 0 radical (unpaired) electrons. The molecule has 0 fully saturated rings. The molecule has 0 saturated heterocycles. The third-order valence-electron chi connectivity index (χ3n) is 1.22. The van der Waals surface area contributed by atoms with Gasteiger partial charge in [-0.15, -0.1) is 0 Å². The predicted molar refractivity (Wildman–Crippen MR) is 53.8 cm³/mol. The second-order valence-electron chi connectivity index (χ2n) is 2.05. The second kappa shape index (κ2) is 3.69. The molecule has 0 aliphatic heterocycles. The lowest BCUT2D eigenvalue weighted by Gasteiger charge is -2.00. The average molecular weight is 345 g/mol. The quantitative estimate of drug-likeness (QED) is 0.628. The van der Waals surface area contributed by atoms with Crippen molar-refractivity contribution in [3.8, 4) is 0 Å². The Kier molecular flexibility index (Phi) is 3.05. The Hall–Kier alpha value is -0.170. The van der Waals surface area contributed by atoms with Crippen LogP contribution in [0.2, 0.25) is 0 Å². The minimum absolute atomic E-state index is 0.00424. The van der Waals surface area contributed by atoms with Crippen molar-refractivity contribution in [3.63, 3.8) is 0 Å². The van der Waals surface area contributed by atoms with Crippen molar-refractivity contribution < 1.29 is 14.3 Å². The maximum Gasteiger partial charge on any atom is 0.336 e. The van der Waals surface area contributed by atoms with E-state index in [4.69, 9.17) is 5.11 Å². The first-order chi connectivity index (χ1) is 5.52. The van der Waals surface area contributed by atoms with E-state index in [1.54, 1.807) is 0 Å². The van der Waals surface area contributed by atoms with Gasteiger partial charge in [0.1, 0.15) is 5.82 Å². The Balaban J connectivity index is 3.37. The van der Waals surface area contributed by atoms with Crippen LogP contribution in [-0.4, -0.2) is 11.1 Å².